The van der Waals surface area contributed by atoms with E-state index in [4.69, 9.17) is 0 Å². The Kier molecular flexibility index (Phi) is 10.0. The van der Waals surface area contributed by atoms with Gasteiger partial charge in [0.25, 0.3) is 0 Å². The van der Waals surface area contributed by atoms with E-state index in [0.717, 1.165) is 0 Å². The zero-order valence-corrected chi connectivity index (χ0v) is 8.55. The molecule has 0 unspecified atom stereocenters. The van der Waals surface area contributed by atoms with Crippen molar-refractivity contribution in [3.8, 4) is 0 Å². The standard InChI is InChI=1S/C12H22/c1-3-5-7-9-11-12-10-8-6-4-2/h3,5,8,10H,4,6-7,9,11-12H2,1-2H3. The first kappa shape index (κ1) is 11.5. The van der Waals surface area contributed by atoms with E-state index >= 15 is 0 Å². The molecule has 0 rings (SSSR count). The first-order valence-corrected chi connectivity index (χ1v) is 5.18. The quantitative estimate of drug-likeness (QED) is 0.386. The Morgan fingerprint density at radius 2 is 1.42 bits per heavy atom. The minimum absolute atomic E-state index is 1.24. The largest absolute Gasteiger partial charge is 0.0917 e. The molecule has 0 radical (unpaired) electrons. The molecule has 0 N–H and O–H groups in total. The van der Waals surface area contributed by atoms with Gasteiger partial charge in [0, 0.05) is 0 Å². The van der Waals surface area contributed by atoms with E-state index in [9.17, 15) is 0 Å². The van der Waals surface area contributed by atoms with E-state index in [0.29, 0.717) is 0 Å². The molecule has 0 atom stereocenters. The predicted molar refractivity (Wildman–Crippen MR) is 57.3 cm³/mol. The molecule has 0 saturated carbocycles. The minimum Gasteiger partial charge on any atom is -0.0917 e. The van der Waals surface area contributed by atoms with Gasteiger partial charge in [-0.1, -0.05) is 37.6 Å². The molecular weight excluding hydrogens is 144 g/mol. The molecule has 0 aromatic heterocycles. The lowest BCUT2D eigenvalue weighted by Gasteiger charge is -1.92. The van der Waals surface area contributed by atoms with Crippen LogP contribution in [0.4, 0.5) is 0 Å². The highest BCUT2D eigenvalue weighted by atomic mass is 13.9. The van der Waals surface area contributed by atoms with Gasteiger partial charge in [0.2, 0.25) is 0 Å². The second-order valence-electron chi connectivity index (χ2n) is 3.11. The van der Waals surface area contributed by atoms with E-state index in [1.54, 1.807) is 0 Å². The maximum Gasteiger partial charge on any atom is -0.0351 e. The highest BCUT2D eigenvalue weighted by Gasteiger charge is 1.82. The molecule has 0 aliphatic rings. The maximum absolute atomic E-state index is 2.32. The van der Waals surface area contributed by atoms with Crippen molar-refractivity contribution in [3.05, 3.63) is 24.3 Å². The summed E-state index contributed by atoms with van der Waals surface area (Å²) in [6.45, 7) is 4.30. The Bertz CT molecular complexity index is 120. The highest BCUT2D eigenvalue weighted by Crippen LogP contribution is 2.02. The fourth-order valence-electron chi connectivity index (χ4n) is 1.09. The summed E-state index contributed by atoms with van der Waals surface area (Å²) in [5.74, 6) is 0. The van der Waals surface area contributed by atoms with Gasteiger partial charge in [0.15, 0.2) is 0 Å². The normalized spacial score (nSPS) is 11.8. The summed E-state index contributed by atoms with van der Waals surface area (Å²) in [6, 6.07) is 0. The monoisotopic (exact) mass is 166 g/mol. The summed E-state index contributed by atoms with van der Waals surface area (Å²) in [5, 5.41) is 0. The van der Waals surface area contributed by atoms with Crippen LogP contribution < -0.4 is 0 Å². The molecule has 70 valence electrons. The Balaban J connectivity index is 2.99. The van der Waals surface area contributed by atoms with Gasteiger partial charge in [-0.25, -0.2) is 0 Å². The van der Waals surface area contributed by atoms with Crippen molar-refractivity contribution in [2.75, 3.05) is 0 Å². The maximum atomic E-state index is 2.32. The van der Waals surface area contributed by atoms with Gasteiger partial charge >= 0.3 is 0 Å². The lowest BCUT2D eigenvalue weighted by molar-refractivity contribution is 0.759. The van der Waals surface area contributed by atoms with Gasteiger partial charge in [0.1, 0.15) is 0 Å². The topological polar surface area (TPSA) is 0 Å². The number of rotatable bonds is 7. The van der Waals surface area contributed by atoms with Crippen LogP contribution >= 0.6 is 0 Å². The average molecular weight is 166 g/mol. The molecule has 0 aliphatic heterocycles. The molecule has 0 saturated heterocycles. The van der Waals surface area contributed by atoms with Gasteiger partial charge in [-0.3, -0.25) is 0 Å². The molecule has 0 bridgehead atoms. The van der Waals surface area contributed by atoms with Crippen molar-refractivity contribution in [3.63, 3.8) is 0 Å². The van der Waals surface area contributed by atoms with Crippen LogP contribution in [0.25, 0.3) is 0 Å². The van der Waals surface area contributed by atoms with Crippen LogP contribution in [0.1, 0.15) is 52.4 Å². The molecule has 0 fully saturated rings. The van der Waals surface area contributed by atoms with E-state index in [-0.39, 0.29) is 0 Å². The van der Waals surface area contributed by atoms with E-state index in [1.807, 2.05) is 0 Å². The lowest BCUT2D eigenvalue weighted by atomic mass is 10.1. The highest BCUT2D eigenvalue weighted by molar-refractivity contribution is 4.82. The van der Waals surface area contributed by atoms with Crippen LogP contribution in [0.2, 0.25) is 0 Å². The summed E-state index contributed by atoms with van der Waals surface area (Å²) in [7, 11) is 0. The SMILES string of the molecule is CC=CCCCCC=CCCC. The summed E-state index contributed by atoms with van der Waals surface area (Å²) >= 11 is 0. The smallest absolute Gasteiger partial charge is 0.0351 e. The third-order valence-electron chi connectivity index (χ3n) is 1.85. The second kappa shape index (κ2) is 10.5. The Morgan fingerprint density at radius 1 is 0.833 bits per heavy atom. The number of hydrogen-bond donors (Lipinski definition) is 0. The zero-order valence-electron chi connectivity index (χ0n) is 8.55. The molecule has 0 spiro atoms. The molecule has 0 aromatic carbocycles. The number of unbranched alkanes of at least 4 members (excludes halogenated alkanes) is 4. The van der Waals surface area contributed by atoms with Gasteiger partial charge in [-0.2, -0.15) is 0 Å². The Labute approximate surface area is 77.4 Å². The molecule has 12 heavy (non-hydrogen) atoms. The second-order valence-corrected chi connectivity index (χ2v) is 3.11. The average Bonchev–Trinajstić information content (AvgIpc) is 2.10. The van der Waals surface area contributed by atoms with Crippen LogP contribution in [-0.2, 0) is 0 Å². The zero-order chi connectivity index (χ0) is 9.07. The first-order chi connectivity index (χ1) is 5.91. The van der Waals surface area contributed by atoms with Gasteiger partial charge in [-0.05, 0) is 39.0 Å². The lowest BCUT2D eigenvalue weighted by Crippen LogP contribution is -1.72. The summed E-state index contributed by atoms with van der Waals surface area (Å²) in [6.07, 6.45) is 16.7. The van der Waals surface area contributed by atoms with Crippen LogP contribution in [-0.4, -0.2) is 0 Å². The summed E-state index contributed by atoms with van der Waals surface area (Å²) in [5.41, 5.74) is 0. The Hall–Kier alpha value is -0.520. The van der Waals surface area contributed by atoms with Gasteiger partial charge < -0.3 is 0 Å². The van der Waals surface area contributed by atoms with Crippen molar-refractivity contribution in [1.82, 2.24) is 0 Å². The van der Waals surface area contributed by atoms with E-state index < -0.39 is 0 Å². The number of allylic oxidation sites excluding steroid dienone is 4. The van der Waals surface area contributed by atoms with Crippen molar-refractivity contribution in [2.45, 2.75) is 52.4 Å². The third kappa shape index (κ3) is 9.48. The first-order valence-electron chi connectivity index (χ1n) is 5.18. The van der Waals surface area contributed by atoms with Crippen LogP contribution in [0, 0.1) is 0 Å². The number of hydrogen-bond acceptors (Lipinski definition) is 0. The Morgan fingerprint density at radius 3 is 2.00 bits per heavy atom. The van der Waals surface area contributed by atoms with Crippen molar-refractivity contribution in [2.24, 2.45) is 0 Å². The molecule has 0 aromatic rings. The van der Waals surface area contributed by atoms with Gasteiger partial charge in [0.05, 0.1) is 0 Å². The predicted octanol–water partition coefficient (Wildman–Crippen LogP) is 4.48. The van der Waals surface area contributed by atoms with E-state index in [1.165, 1.54) is 38.5 Å². The summed E-state index contributed by atoms with van der Waals surface area (Å²) in [4.78, 5) is 0. The fourth-order valence-corrected chi connectivity index (χ4v) is 1.09. The molecule has 0 heteroatoms. The summed E-state index contributed by atoms with van der Waals surface area (Å²) < 4.78 is 0. The molecular formula is C12H22. The van der Waals surface area contributed by atoms with Crippen LogP contribution in [0.15, 0.2) is 24.3 Å². The van der Waals surface area contributed by atoms with Crippen LogP contribution in [0.5, 0.6) is 0 Å². The van der Waals surface area contributed by atoms with Crippen LogP contribution in [0.3, 0.4) is 0 Å². The molecule has 0 nitrogen and oxygen atoms in total. The fraction of sp³-hybridized carbons (Fsp3) is 0.667. The van der Waals surface area contributed by atoms with Crippen molar-refractivity contribution < 1.29 is 0 Å². The van der Waals surface area contributed by atoms with Gasteiger partial charge in [-0.15, -0.1) is 0 Å². The molecule has 0 amide bonds. The van der Waals surface area contributed by atoms with E-state index in [2.05, 4.69) is 38.2 Å². The molecule has 0 heterocycles. The molecule has 0 aliphatic carbocycles. The third-order valence-corrected chi connectivity index (χ3v) is 1.85. The van der Waals surface area contributed by atoms with Crippen molar-refractivity contribution >= 4 is 0 Å². The minimum atomic E-state index is 1.24. The van der Waals surface area contributed by atoms with Crippen molar-refractivity contribution in [1.29, 1.82) is 0 Å².